The molecule has 272 valence electrons. The highest BCUT2D eigenvalue weighted by Gasteiger charge is 2.26. The van der Waals surface area contributed by atoms with Gasteiger partial charge in [-0.15, -0.1) is 0 Å². The van der Waals surface area contributed by atoms with Crippen LogP contribution in [0.4, 0.5) is 0 Å². The van der Waals surface area contributed by atoms with Crippen LogP contribution >= 0.6 is 0 Å². The lowest BCUT2D eigenvalue weighted by Crippen LogP contribution is -2.51. The van der Waals surface area contributed by atoms with E-state index in [1.54, 1.807) is 0 Å². The Morgan fingerprint density at radius 3 is 0.756 bits per heavy atom. The maximum Gasteiger partial charge on any atom is 0.0945 e. The fourth-order valence-electron chi connectivity index (χ4n) is 7.20. The van der Waals surface area contributed by atoms with Gasteiger partial charge in [-0.1, -0.05) is 175 Å². The zero-order valence-electron chi connectivity index (χ0n) is 31.2. The molecule has 0 saturated carbocycles. The van der Waals surface area contributed by atoms with Gasteiger partial charge in [0.05, 0.1) is 36.3 Å². The summed E-state index contributed by atoms with van der Waals surface area (Å²) in [5.74, 6) is -0.193. The van der Waals surface area contributed by atoms with Gasteiger partial charge in [-0.05, 0) is 51.4 Å². The minimum absolute atomic E-state index is 0.193. The second-order valence-electron chi connectivity index (χ2n) is 14.8. The van der Waals surface area contributed by atoms with Gasteiger partial charge in [-0.25, -0.2) is 8.42 Å². The topological polar surface area (TPSA) is 57.2 Å². The molecule has 0 rings (SSSR count). The molecule has 0 bridgehead atoms. The van der Waals surface area contributed by atoms with Crippen molar-refractivity contribution in [1.29, 1.82) is 0 Å². The highest BCUT2D eigenvalue weighted by atomic mass is 32.2. The fraction of sp³-hybridized carbons (Fsp3) is 1.00. The molecule has 0 aliphatic carbocycles. The Balaban J connectivity index is 4.85. The first-order valence-corrected chi connectivity index (χ1v) is 22.3. The Labute approximate surface area is 285 Å². The maximum atomic E-state index is 11.3. The zero-order chi connectivity index (χ0) is 33.2. The Bertz CT molecular complexity index is 621. The third kappa shape index (κ3) is 33.6. The lowest BCUT2D eigenvalue weighted by atomic mass is 10.0. The molecule has 5 heteroatoms. The van der Waals surface area contributed by atoms with Gasteiger partial charge >= 0.3 is 0 Å². The molecule has 0 saturated heterocycles. The molecule has 0 aromatic carbocycles. The van der Waals surface area contributed by atoms with Crippen molar-refractivity contribution in [2.75, 3.05) is 31.9 Å². The van der Waals surface area contributed by atoms with E-state index in [1.165, 1.54) is 217 Å². The summed E-state index contributed by atoms with van der Waals surface area (Å²) >= 11 is 0. The molecule has 0 aromatic heterocycles. The van der Waals surface area contributed by atoms with Gasteiger partial charge in [0, 0.05) is 5.75 Å². The minimum atomic E-state index is -4.11. The molecule has 0 aromatic rings. The summed E-state index contributed by atoms with van der Waals surface area (Å²) < 4.78 is 35.1. The van der Waals surface area contributed by atoms with Crippen LogP contribution < -0.4 is 0 Å². The molecule has 0 N–H and O–H groups in total. The summed E-state index contributed by atoms with van der Waals surface area (Å²) in [5.41, 5.74) is 0. The first-order chi connectivity index (χ1) is 21.9. The monoisotopic (exact) mass is 658 g/mol. The number of quaternary nitrogens is 1. The van der Waals surface area contributed by atoms with Crippen LogP contribution in [0.1, 0.15) is 226 Å². The zero-order valence-corrected chi connectivity index (χ0v) is 32.1. The average molecular weight is 658 g/mol. The SMILES string of the molecule is CCCCCCCCCCCC[N+](CCCCCCCCCCCC)(CCCCCCCCCCCC)CCCCS(=O)(=O)[O-]. The number of nitrogens with zero attached hydrogens (tertiary/aromatic N) is 1. The molecule has 4 nitrogen and oxygen atoms in total. The van der Waals surface area contributed by atoms with Crippen LogP contribution in [0, 0.1) is 0 Å². The van der Waals surface area contributed by atoms with Crippen molar-refractivity contribution in [3.63, 3.8) is 0 Å². The quantitative estimate of drug-likeness (QED) is 0.0377. The Morgan fingerprint density at radius 2 is 0.533 bits per heavy atom. The summed E-state index contributed by atoms with van der Waals surface area (Å²) in [6.07, 6.45) is 42.5. The molecule has 0 amide bonds. The summed E-state index contributed by atoms with van der Waals surface area (Å²) in [6.45, 7) is 11.7. The van der Waals surface area contributed by atoms with Crippen molar-refractivity contribution in [3.8, 4) is 0 Å². The van der Waals surface area contributed by atoms with Gasteiger partial charge < -0.3 is 9.04 Å². The van der Waals surface area contributed by atoms with Gasteiger partial charge in [-0.3, -0.25) is 0 Å². The van der Waals surface area contributed by atoms with E-state index in [-0.39, 0.29) is 5.75 Å². The summed E-state index contributed by atoms with van der Waals surface area (Å²) in [6, 6.07) is 0. The lowest BCUT2D eigenvalue weighted by Gasteiger charge is -2.40. The molecule has 0 atom stereocenters. The number of hydrogen-bond acceptors (Lipinski definition) is 3. The number of unbranched alkanes of at least 4 members (excludes halogenated alkanes) is 28. The predicted molar refractivity (Wildman–Crippen MR) is 199 cm³/mol. The first kappa shape index (κ1) is 44.9. The van der Waals surface area contributed by atoms with Gasteiger partial charge in [0.2, 0.25) is 0 Å². The van der Waals surface area contributed by atoms with E-state index in [4.69, 9.17) is 0 Å². The molecular weight excluding hydrogens is 575 g/mol. The largest absolute Gasteiger partial charge is 0.748 e. The van der Waals surface area contributed by atoms with Crippen LogP contribution in [-0.4, -0.2) is 49.4 Å². The molecular formula is C40H83NO3S. The van der Waals surface area contributed by atoms with Crippen LogP contribution in [-0.2, 0) is 10.1 Å². The van der Waals surface area contributed by atoms with E-state index >= 15 is 0 Å². The van der Waals surface area contributed by atoms with E-state index in [1.807, 2.05) is 0 Å². The van der Waals surface area contributed by atoms with Gasteiger partial charge in [0.15, 0.2) is 0 Å². The lowest BCUT2D eigenvalue weighted by molar-refractivity contribution is -0.929. The maximum absolute atomic E-state index is 11.3. The van der Waals surface area contributed by atoms with Crippen molar-refractivity contribution in [2.24, 2.45) is 0 Å². The summed E-state index contributed by atoms with van der Waals surface area (Å²) in [4.78, 5) is 0. The molecule has 0 aliphatic heterocycles. The normalized spacial score (nSPS) is 12.4. The van der Waals surface area contributed by atoms with Crippen LogP contribution in [0.5, 0.6) is 0 Å². The van der Waals surface area contributed by atoms with Crippen molar-refractivity contribution in [1.82, 2.24) is 0 Å². The van der Waals surface area contributed by atoms with Crippen LogP contribution in [0.3, 0.4) is 0 Å². The van der Waals surface area contributed by atoms with Crippen molar-refractivity contribution < 1.29 is 17.5 Å². The first-order valence-electron chi connectivity index (χ1n) is 20.7. The Hall–Kier alpha value is -0.130. The van der Waals surface area contributed by atoms with E-state index < -0.39 is 10.1 Å². The number of rotatable bonds is 38. The molecule has 0 unspecified atom stereocenters. The summed E-state index contributed by atoms with van der Waals surface area (Å²) in [7, 11) is -4.11. The van der Waals surface area contributed by atoms with Crippen molar-refractivity contribution >= 4 is 10.1 Å². The average Bonchev–Trinajstić information content (AvgIpc) is 3.01. The van der Waals surface area contributed by atoms with Crippen molar-refractivity contribution in [3.05, 3.63) is 0 Å². The second-order valence-corrected chi connectivity index (χ2v) is 16.3. The van der Waals surface area contributed by atoms with E-state index in [0.717, 1.165) is 13.0 Å². The number of hydrogen-bond donors (Lipinski definition) is 0. The highest BCUT2D eigenvalue weighted by molar-refractivity contribution is 7.85. The van der Waals surface area contributed by atoms with E-state index in [0.29, 0.717) is 6.42 Å². The van der Waals surface area contributed by atoms with Crippen LogP contribution in [0.15, 0.2) is 0 Å². The third-order valence-corrected chi connectivity index (χ3v) is 11.0. The molecule has 0 spiro atoms. The second kappa shape index (κ2) is 33.8. The minimum Gasteiger partial charge on any atom is -0.748 e. The highest BCUT2D eigenvalue weighted by Crippen LogP contribution is 2.21. The smallest absolute Gasteiger partial charge is 0.0945 e. The van der Waals surface area contributed by atoms with E-state index in [9.17, 15) is 13.0 Å². The van der Waals surface area contributed by atoms with Crippen molar-refractivity contribution in [2.45, 2.75) is 226 Å². The molecule has 0 fully saturated rings. The molecule has 0 aliphatic rings. The Morgan fingerprint density at radius 1 is 0.333 bits per heavy atom. The molecule has 0 radical (unpaired) electrons. The van der Waals surface area contributed by atoms with Crippen LogP contribution in [0.2, 0.25) is 0 Å². The van der Waals surface area contributed by atoms with Crippen LogP contribution in [0.25, 0.3) is 0 Å². The van der Waals surface area contributed by atoms with Gasteiger partial charge in [0.25, 0.3) is 0 Å². The van der Waals surface area contributed by atoms with Gasteiger partial charge in [0.1, 0.15) is 0 Å². The third-order valence-electron chi connectivity index (χ3n) is 10.2. The molecule has 45 heavy (non-hydrogen) atoms. The Kier molecular flexibility index (Phi) is 33.7. The predicted octanol–water partition coefficient (Wildman–Crippen LogP) is 12.9. The summed E-state index contributed by atoms with van der Waals surface area (Å²) in [5, 5.41) is 0. The van der Waals surface area contributed by atoms with E-state index in [2.05, 4.69) is 20.8 Å². The standard InChI is InChI=1S/C40H83NO3S/c1-4-7-10-13-16-19-22-25-28-31-36-41(39-34-35-40-45(42,43)44,37-32-29-26-23-20-17-14-11-8-5-2)38-33-30-27-24-21-18-15-12-9-6-3/h4-40H2,1-3H3. The fourth-order valence-corrected chi connectivity index (χ4v) is 7.76. The molecule has 0 heterocycles. The van der Waals surface area contributed by atoms with Gasteiger partial charge in [-0.2, -0.15) is 0 Å².